The number of rotatable bonds is 3. The molecule has 0 bridgehead atoms. The Morgan fingerprint density at radius 3 is 2.76 bits per heavy atom. The van der Waals surface area contributed by atoms with Gasteiger partial charge in [0.15, 0.2) is 4.96 Å². The second kappa shape index (κ2) is 7.92. The minimum absolute atomic E-state index is 0.0552. The van der Waals surface area contributed by atoms with Crippen LogP contribution in [0.1, 0.15) is 50.6 Å². The molecule has 8 heteroatoms. The summed E-state index contributed by atoms with van der Waals surface area (Å²) in [5, 5.41) is 0.919. The summed E-state index contributed by atoms with van der Waals surface area (Å²) in [7, 11) is 1.44. The Morgan fingerprint density at radius 1 is 1.15 bits per heavy atom. The lowest BCUT2D eigenvalue weighted by Crippen LogP contribution is -2.22. The highest BCUT2D eigenvalue weighted by atomic mass is 32.1. The number of esters is 1. The van der Waals surface area contributed by atoms with E-state index < -0.39 is 0 Å². The summed E-state index contributed by atoms with van der Waals surface area (Å²) in [5.74, 6) is -0.277. The van der Waals surface area contributed by atoms with Crippen molar-refractivity contribution in [1.29, 1.82) is 0 Å². The van der Waals surface area contributed by atoms with E-state index >= 15 is 0 Å². The molecular formula is C26H23N3O3S2. The van der Waals surface area contributed by atoms with Crippen LogP contribution < -0.4 is 10.1 Å². The number of hydrogen-bond acceptors (Lipinski definition) is 6. The summed E-state index contributed by atoms with van der Waals surface area (Å²) < 4.78 is 9.65. The molecular weight excluding hydrogens is 466 g/mol. The number of ether oxygens (including phenoxy) is 1. The summed E-state index contributed by atoms with van der Waals surface area (Å²) in [6.45, 7) is 4.08. The molecule has 0 amide bonds. The number of methoxy groups -OCH3 is 1. The molecule has 0 radical (unpaired) electrons. The second-order valence-electron chi connectivity index (χ2n) is 8.68. The van der Waals surface area contributed by atoms with Gasteiger partial charge in [-0.15, -0.1) is 11.3 Å². The maximum absolute atomic E-state index is 13.2. The molecule has 1 aliphatic carbocycles. The fourth-order valence-electron chi connectivity index (χ4n) is 5.02. The van der Waals surface area contributed by atoms with Crippen LogP contribution in [0, 0.1) is 13.8 Å². The minimum Gasteiger partial charge on any atom is -0.465 e. The molecule has 0 atom stereocenters. The van der Waals surface area contributed by atoms with E-state index in [4.69, 9.17) is 4.74 Å². The van der Waals surface area contributed by atoms with Gasteiger partial charge in [0, 0.05) is 16.3 Å². The summed E-state index contributed by atoms with van der Waals surface area (Å²) in [6.07, 6.45) is 6.11. The molecule has 4 aromatic heterocycles. The molecule has 1 aromatic carbocycles. The fourth-order valence-corrected chi connectivity index (χ4v) is 7.49. The highest BCUT2D eigenvalue weighted by molar-refractivity contribution is 7.15. The van der Waals surface area contributed by atoms with Gasteiger partial charge in [-0.05, 0) is 74.9 Å². The van der Waals surface area contributed by atoms with E-state index in [1.165, 1.54) is 23.3 Å². The maximum Gasteiger partial charge on any atom is 0.341 e. The van der Waals surface area contributed by atoms with Crippen molar-refractivity contribution in [3.8, 4) is 5.00 Å². The number of thiophene rings is 1. The van der Waals surface area contributed by atoms with Crippen LogP contribution in [-0.4, -0.2) is 27.0 Å². The Balaban J connectivity index is 1.53. The number of para-hydroxylation sites is 2. The van der Waals surface area contributed by atoms with Crippen molar-refractivity contribution in [2.45, 2.75) is 39.5 Å². The zero-order valence-corrected chi connectivity index (χ0v) is 20.8. The van der Waals surface area contributed by atoms with Gasteiger partial charge >= 0.3 is 5.97 Å². The smallest absolute Gasteiger partial charge is 0.341 e. The number of thiazole rings is 1. The van der Waals surface area contributed by atoms with Gasteiger partial charge in [0.2, 0.25) is 0 Å². The first kappa shape index (κ1) is 21.3. The number of benzene rings is 1. The zero-order chi connectivity index (χ0) is 23.6. The highest BCUT2D eigenvalue weighted by Gasteiger charge is 2.28. The summed E-state index contributed by atoms with van der Waals surface area (Å²) in [6, 6.07) is 9.77. The summed E-state index contributed by atoms with van der Waals surface area (Å²) in [5.41, 5.74) is 6.42. The predicted octanol–water partition coefficient (Wildman–Crippen LogP) is 4.59. The molecule has 0 fully saturated rings. The maximum atomic E-state index is 13.2. The van der Waals surface area contributed by atoms with Crippen molar-refractivity contribution in [1.82, 2.24) is 14.0 Å². The molecule has 0 saturated carbocycles. The zero-order valence-electron chi connectivity index (χ0n) is 19.2. The van der Waals surface area contributed by atoms with Gasteiger partial charge in [0.25, 0.3) is 5.56 Å². The van der Waals surface area contributed by atoms with Gasteiger partial charge in [-0.2, -0.15) is 0 Å². The van der Waals surface area contributed by atoms with Crippen molar-refractivity contribution in [3.63, 3.8) is 0 Å². The number of carbonyl (C=O) groups is 1. The molecule has 0 N–H and O–H groups in total. The SMILES string of the molecule is COC(=O)c1c(-n2c(C)cc(/C=c3\sc4nc5ccccc5n4c3=O)c2C)sc2c1CCCC2. The Hall–Kier alpha value is -3.23. The van der Waals surface area contributed by atoms with Gasteiger partial charge in [-0.3, -0.25) is 4.79 Å². The van der Waals surface area contributed by atoms with Gasteiger partial charge < -0.3 is 9.30 Å². The average molecular weight is 490 g/mol. The van der Waals surface area contributed by atoms with E-state index in [9.17, 15) is 9.59 Å². The quantitative estimate of drug-likeness (QED) is 0.348. The first-order valence-electron chi connectivity index (χ1n) is 11.3. The van der Waals surface area contributed by atoms with Gasteiger partial charge in [0.1, 0.15) is 5.00 Å². The number of nitrogens with zero attached hydrogens (tertiary/aromatic N) is 3. The monoisotopic (exact) mass is 489 g/mol. The molecule has 172 valence electrons. The van der Waals surface area contributed by atoms with Crippen LogP contribution in [0.5, 0.6) is 0 Å². The topological polar surface area (TPSA) is 65.6 Å². The number of aromatic nitrogens is 3. The van der Waals surface area contributed by atoms with Crippen LogP contribution in [-0.2, 0) is 17.6 Å². The summed E-state index contributed by atoms with van der Waals surface area (Å²) >= 11 is 3.09. The van der Waals surface area contributed by atoms with E-state index in [0.717, 1.165) is 64.2 Å². The fraction of sp³-hybridized carbons (Fsp3) is 0.269. The average Bonchev–Trinajstić information content (AvgIpc) is 3.54. The predicted molar refractivity (Wildman–Crippen MR) is 137 cm³/mol. The van der Waals surface area contributed by atoms with Crippen LogP contribution in [0.4, 0.5) is 0 Å². The number of fused-ring (bicyclic) bond motifs is 4. The number of aryl methyl sites for hydroxylation is 2. The molecule has 0 unspecified atom stereocenters. The van der Waals surface area contributed by atoms with Crippen molar-refractivity contribution in [3.05, 3.63) is 78.2 Å². The Bertz CT molecular complexity index is 1720. The number of imidazole rings is 1. The molecule has 0 aliphatic heterocycles. The lowest BCUT2D eigenvalue weighted by atomic mass is 9.95. The molecule has 6 nitrogen and oxygen atoms in total. The van der Waals surface area contributed by atoms with E-state index in [1.807, 2.05) is 44.2 Å². The molecule has 5 aromatic rings. The number of hydrogen-bond donors (Lipinski definition) is 0. The lowest BCUT2D eigenvalue weighted by Gasteiger charge is -2.12. The van der Waals surface area contributed by atoms with E-state index in [0.29, 0.717) is 15.1 Å². The molecule has 4 heterocycles. The Labute approximate surface area is 203 Å². The van der Waals surface area contributed by atoms with Crippen molar-refractivity contribution in [2.75, 3.05) is 7.11 Å². The van der Waals surface area contributed by atoms with Crippen LogP contribution >= 0.6 is 22.7 Å². The number of carbonyl (C=O) groups excluding carboxylic acids is 1. The third kappa shape index (κ3) is 3.09. The normalized spacial score (nSPS) is 14.3. The first-order valence-corrected chi connectivity index (χ1v) is 12.9. The van der Waals surface area contributed by atoms with Crippen molar-refractivity contribution in [2.24, 2.45) is 0 Å². The van der Waals surface area contributed by atoms with Gasteiger partial charge in [-0.25, -0.2) is 14.2 Å². The van der Waals surface area contributed by atoms with E-state index in [1.54, 1.807) is 15.7 Å². The largest absolute Gasteiger partial charge is 0.465 e. The van der Waals surface area contributed by atoms with Gasteiger partial charge in [0.05, 0.1) is 28.2 Å². The van der Waals surface area contributed by atoms with Crippen molar-refractivity contribution < 1.29 is 9.53 Å². The highest BCUT2D eigenvalue weighted by Crippen LogP contribution is 2.39. The van der Waals surface area contributed by atoms with Crippen LogP contribution in [0.25, 0.3) is 27.1 Å². The molecule has 6 rings (SSSR count). The van der Waals surface area contributed by atoms with Crippen LogP contribution in [0.3, 0.4) is 0 Å². The van der Waals surface area contributed by atoms with E-state index in [2.05, 4.69) is 15.6 Å². The third-order valence-electron chi connectivity index (χ3n) is 6.65. The minimum atomic E-state index is -0.277. The van der Waals surface area contributed by atoms with Crippen molar-refractivity contribution >= 4 is 50.7 Å². The summed E-state index contributed by atoms with van der Waals surface area (Å²) in [4.78, 5) is 32.6. The van der Waals surface area contributed by atoms with Crippen LogP contribution in [0.2, 0.25) is 0 Å². The lowest BCUT2D eigenvalue weighted by molar-refractivity contribution is 0.0600. The second-order valence-corrected chi connectivity index (χ2v) is 10.8. The molecule has 0 saturated heterocycles. The molecule has 0 spiro atoms. The third-order valence-corrected chi connectivity index (χ3v) is 8.89. The standard InChI is InChI=1S/C26H23N3O3S2/c1-14-12-16(13-21-23(30)29-19-10-6-5-9-18(19)27-26(29)34-21)15(2)28(14)24-22(25(31)32-3)17-8-4-7-11-20(17)33-24/h5-6,9-10,12-13H,4,7-8,11H2,1-3H3/b21-13-. The Morgan fingerprint density at radius 2 is 1.94 bits per heavy atom. The first-order chi connectivity index (χ1) is 16.5. The van der Waals surface area contributed by atoms with Gasteiger partial charge in [-0.1, -0.05) is 23.5 Å². The van der Waals surface area contributed by atoms with Crippen LogP contribution in [0.15, 0.2) is 35.1 Å². The Kier molecular flexibility index (Phi) is 4.97. The molecule has 34 heavy (non-hydrogen) atoms. The van der Waals surface area contributed by atoms with E-state index in [-0.39, 0.29) is 11.5 Å². The molecule has 1 aliphatic rings.